The van der Waals surface area contributed by atoms with Crippen molar-refractivity contribution in [3.05, 3.63) is 41.5 Å². The van der Waals surface area contributed by atoms with E-state index in [1.807, 2.05) is 0 Å². The van der Waals surface area contributed by atoms with Gasteiger partial charge in [-0.25, -0.2) is 0 Å². The lowest BCUT2D eigenvalue weighted by molar-refractivity contribution is 0.302. The summed E-state index contributed by atoms with van der Waals surface area (Å²) >= 11 is 0. The van der Waals surface area contributed by atoms with Crippen molar-refractivity contribution in [3.63, 3.8) is 0 Å². The molecule has 2 aliphatic rings. The molecule has 0 bridgehead atoms. The van der Waals surface area contributed by atoms with E-state index in [-0.39, 0.29) is 0 Å². The Balaban J connectivity index is 1.39. The molecule has 0 amide bonds. The van der Waals surface area contributed by atoms with Gasteiger partial charge < -0.3 is 0 Å². The van der Waals surface area contributed by atoms with Crippen LogP contribution in [0.25, 0.3) is 5.57 Å². The van der Waals surface area contributed by atoms with Gasteiger partial charge in [-0.2, -0.15) is 0 Å². The Morgan fingerprint density at radius 1 is 0.690 bits per heavy atom. The summed E-state index contributed by atoms with van der Waals surface area (Å²) in [4.78, 5) is 0. The number of allylic oxidation sites excluding steroid dienone is 2. The molecule has 1 unspecified atom stereocenters. The van der Waals surface area contributed by atoms with Gasteiger partial charge in [0.25, 0.3) is 0 Å². The molecule has 1 saturated carbocycles. The van der Waals surface area contributed by atoms with Crippen molar-refractivity contribution >= 4 is 5.57 Å². The van der Waals surface area contributed by atoms with E-state index in [0.29, 0.717) is 0 Å². The molecular weight excluding hydrogens is 348 g/mol. The molecule has 1 fully saturated rings. The number of unbranched alkanes of at least 4 members (excludes halogenated alkanes) is 5. The fraction of sp³-hybridized carbons (Fsp3) is 0.724. The van der Waals surface area contributed by atoms with Crippen LogP contribution in [0.1, 0.15) is 134 Å². The minimum absolute atomic E-state index is 0.819. The number of benzene rings is 1. The van der Waals surface area contributed by atoms with E-state index in [0.717, 1.165) is 17.8 Å². The van der Waals surface area contributed by atoms with E-state index in [9.17, 15) is 0 Å². The van der Waals surface area contributed by atoms with Crippen LogP contribution in [0, 0.1) is 11.8 Å². The number of hydrogen-bond acceptors (Lipinski definition) is 0. The summed E-state index contributed by atoms with van der Waals surface area (Å²) < 4.78 is 0. The highest BCUT2D eigenvalue weighted by Crippen LogP contribution is 2.39. The van der Waals surface area contributed by atoms with Gasteiger partial charge in [-0.3, -0.25) is 0 Å². The highest BCUT2D eigenvalue weighted by Gasteiger charge is 2.22. The molecule has 29 heavy (non-hydrogen) atoms. The molecule has 1 aromatic carbocycles. The lowest BCUT2D eigenvalue weighted by Crippen LogP contribution is -2.13. The van der Waals surface area contributed by atoms with Crippen LogP contribution in [0.4, 0.5) is 0 Å². The Bertz CT molecular complexity index is 585. The molecule has 2 aliphatic carbocycles. The van der Waals surface area contributed by atoms with Crippen LogP contribution in [0.2, 0.25) is 0 Å². The van der Waals surface area contributed by atoms with Crippen LogP contribution >= 0.6 is 0 Å². The summed E-state index contributed by atoms with van der Waals surface area (Å²) in [7, 11) is 0. The summed E-state index contributed by atoms with van der Waals surface area (Å²) in [5.74, 6) is 2.77. The van der Waals surface area contributed by atoms with Crippen molar-refractivity contribution in [2.24, 2.45) is 11.8 Å². The predicted octanol–water partition coefficient (Wildman–Crippen LogP) is 9.69. The minimum atomic E-state index is 0.819. The smallest absolute Gasteiger partial charge is 0.0162 e. The van der Waals surface area contributed by atoms with Crippen LogP contribution in [-0.2, 0) is 0 Å². The topological polar surface area (TPSA) is 0 Å². The first-order chi connectivity index (χ1) is 14.3. The molecule has 1 aromatic rings. The first kappa shape index (κ1) is 22.6. The summed E-state index contributed by atoms with van der Waals surface area (Å²) in [6, 6.07) is 9.74. The number of hydrogen-bond donors (Lipinski definition) is 0. The summed E-state index contributed by atoms with van der Waals surface area (Å²) in [6.45, 7) is 4.63. The van der Waals surface area contributed by atoms with Crippen LogP contribution < -0.4 is 0 Å². The molecule has 0 nitrogen and oxygen atoms in total. The summed E-state index contributed by atoms with van der Waals surface area (Å²) in [5.41, 5.74) is 4.69. The zero-order valence-electron chi connectivity index (χ0n) is 19.4. The van der Waals surface area contributed by atoms with E-state index in [4.69, 9.17) is 0 Å². The third kappa shape index (κ3) is 7.30. The minimum Gasteiger partial charge on any atom is -0.0804 e. The quantitative estimate of drug-likeness (QED) is 0.328. The number of rotatable bonds is 11. The van der Waals surface area contributed by atoms with Gasteiger partial charge in [0.05, 0.1) is 0 Å². The second kappa shape index (κ2) is 12.6. The van der Waals surface area contributed by atoms with Gasteiger partial charge in [0.15, 0.2) is 0 Å². The van der Waals surface area contributed by atoms with Crippen LogP contribution in [0.15, 0.2) is 30.3 Å². The largest absolute Gasteiger partial charge is 0.0804 e. The van der Waals surface area contributed by atoms with E-state index in [1.54, 1.807) is 11.1 Å². The van der Waals surface area contributed by atoms with Gasteiger partial charge in [-0.15, -0.1) is 0 Å². The third-order valence-electron chi connectivity index (χ3n) is 7.78. The predicted molar refractivity (Wildman–Crippen MR) is 129 cm³/mol. The molecule has 0 heterocycles. The molecular formula is C29H46. The standard InChI is InChI=1S/C29H46/c1-3-5-6-7-8-9-11-25-14-18-27(19-15-25)29-22-20-28(21-23-29)26-16-12-24(10-4-2)13-17-26/h16,20-25,27H,3-15,17-19H2,1-2H3/t24?,25-,27-. The second-order valence-electron chi connectivity index (χ2n) is 10.1. The maximum atomic E-state index is 2.53. The van der Waals surface area contributed by atoms with Crippen molar-refractivity contribution in [1.82, 2.24) is 0 Å². The Morgan fingerprint density at radius 2 is 1.41 bits per heavy atom. The lowest BCUT2D eigenvalue weighted by Gasteiger charge is -2.29. The van der Waals surface area contributed by atoms with Gasteiger partial charge in [-0.1, -0.05) is 102 Å². The lowest BCUT2D eigenvalue weighted by atomic mass is 9.76. The van der Waals surface area contributed by atoms with Crippen molar-refractivity contribution in [2.75, 3.05) is 0 Å². The first-order valence-electron chi connectivity index (χ1n) is 13.1. The fourth-order valence-electron chi connectivity index (χ4n) is 5.79. The van der Waals surface area contributed by atoms with Gasteiger partial charge in [0.1, 0.15) is 0 Å². The summed E-state index contributed by atoms with van der Waals surface area (Å²) in [5, 5.41) is 0. The SMILES string of the molecule is CCCCCCCC[C@H]1CC[C@H](c2ccc(C3=CCC(CCC)CC3)cc2)CC1. The molecule has 0 radical (unpaired) electrons. The van der Waals surface area contributed by atoms with E-state index >= 15 is 0 Å². The third-order valence-corrected chi connectivity index (χ3v) is 7.78. The molecule has 162 valence electrons. The van der Waals surface area contributed by atoms with Gasteiger partial charge in [-0.05, 0) is 79.4 Å². The van der Waals surface area contributed by atoms with E-state index in [1.165, 1.54) is 108 Å². The molecule has 0 spiro atoms. The van der Waals surface area contributed by atoms with Crippen LogP contribution in [0.3, 0.4) is 0 Å². The van der Waals surface area contributed by atoms with Crippen LogP contribution in [-0.4, -0.2) is 0 Å². The maximum Gasteiger partial charge on any atom is -0.0162 e. The average molecular weight is 395 g/mol. The Labute approximate surface area is 181 Å². The average Bonchev–Trinajstić information content (AvgIpc) is 2.78. The van der Waals surface area contributed by atoms with Crippen molar-refractivity contribution in [2.45, 2.75) is 122 Å². The molecule has 3 rings (SSSR count). The van der Waals surface area contributed by atoms with Crippen molar-refractivity contribution in [1.29, 1.82) is 0 Å². The zero-order valence-corrected chi connectivity index (χ0v) is 19.4. The van der Waals surface area contributed by atoms with Crippen molar-refractivity contribution < 1.29 is 0 Å². The molecule has 0 aromatic heterocycles. The molecule has 0 saturated heterocycles. The highest BCUT2D eigenvalue weighted by atomic mass is 14.3. The van der Waals surface area contributed by atoms with Gasteiger partial charge in [0.2, 0.25) is 0 Å². The second-order valence-corrected chi connectivity index (χ2v) is 10.1. The van der Waals surface area contributed by atoms with E-state index in [2.05, 4.69) is 44.2 Å². The van der Waals surface area contributed by atoms with Crippen LogP contribution in [0.5, 0.6) is 0 Å². The van der Waals surface area contributed by atoms with E-state index < -0.39 is 0 Å². The zero-order chi connectivity index (χ0) is 20.3. The maximum absolute atomic E-state index is 2.53. The summed E-state index contributed by atoms with van der Waals surface area (Å²) in [6.07, 6.45) is 25.2. The van der Waals surface area contributed by atoms with Gasteiger partial charge in [0, 0.05) is 0 Å². The molecule has 0 N–H and O–H groups in total. The van der Waals surface area contributed by atoms with Gasteiger partial charge >= 0.3 is 0 Å². The van der Waals surface area contributed by atoms with Crippen molar-refractivity contribution in [3.8, 4) is 0 Å². The fourth-order valence-corrected chi connectivity index (χ4v) is 5.79. The molecule has 0 heteroatoms. The normalized spacial score (nSPS) is 25.0. The Hall–Kier alpha value is -1.04. The Morgan fingerprint density at radius 3 is 2.07 bits per heavy atom. The first-order valence-corrected chi connectivity index (χ1v) is 13.1. The Kier molecular flexibility index (Phi) is 9.84. The monoisotopic (exact) mass is 394 g/mol. The molecule has 1 atom stereocenters. The highest BCUT2D eigenvalue weighted by molar-refractivity contribution is 5.66. The molecule has 0 aliphatic heterocycles.